The molecule has 2 aromatic heterocycles. The van der Waals surface area contributed by atoms with Crippen LogP contribution in [0.3, 0.4) is 0 Å². The SMILES string of the molecule is NC(=O)c1ccc(-c2nnn(Cc3ccc(-n4cccn4)cc3)n2)cc1. The molecule has 0 radical (unpaired) electrons. The Morgan fingerprint density at radius 1 is 1.04 bits per heavy atom. The van der Waals surface area contributed by atoms with Gasteiger partial charge in [-0.05, 0) is 41.1 Å². The Morgan fingerprint density at radius 2 is 1.81 bits per heavy atom. The second-order valence-electron chi connectivity index (χ2n) is 5.70. The highest BCUT2D eigenvalue weighted by Crippen LogP contribution is 2.15. The summed E-state index contributed by atoms with van der Waals surface area (Å²) in [7, 11) is 0. The van der Waals surface area contributed by atoms with E-state index in [1.54, 1.807) is 35.1 Å². The average Bonchev–Trinajstić information content (AvgIpc) is 3.35. The van der Waals surface area contributed by atoms with Gasteiger partial charge >= 0.3 is 0 Å². The molecule has 4 rings (SSSR count). The Balaban J connectivity index is 1.49. The number of amides is 1. The predicted octanol–water partition coefficient (Wildman–Crippen LogP) is 1.67. The van der Waals surface area contributed by atoms with Crippen molar-refractivity contribution >= 4 is 5.91 Å². The van der Waals surface area contributed by atoms with Gasteiger partial charge in [-0.2, -0.15) is 9.90 Å². The van der Waals surface area contributed by atoms with Crippen LogP contribution in [0.25, 0.3) is 17.1 Å². The van der Waals surface area contributed by atoms with Crippen molar-refractivity contribution in [2.24, 2.45) is 5.73 Å². The van der Waals surface area contributed by atoms with Gasteiger partial charge < -0.3 is 5.73 Å². The predicted molar refractivity (Wildman–Crippen MR) is 94.4 cm³/mol. The number of nitrogens with zero attached hydrogens (tertiary/aromatic N) is 6. The van der Waals surface area contributed by atoms with Gasteiger partial charge in [0, 0.05) is 23.5 Å². The fraction of sp³-hybridized carbons (Fsp3) is 0.0556. The van der Waals surface area contributed by atoms with Crippen LogP contribution in [0.4, 0.5) is 0 Å². The number of rotatable bonds is 5. The quantitative estimate of drug-likeness (QED) is 0.592. The number of hydrogen-bond acceptors (Lipinski definition) is 5. The van der Waals surface area contributed by atoms with E-state index in [0.29, 0.717) is 17.9 Å². The molecule has 26 heavy (non-hydrogen) atoms. The van der Waals surface area contributed by atoms with Crippen LogP contribution in [0.2, 0.25) is 0 Å². The van der Waals surface area contributed by atoms with Gasteiger partial charge in [-0.15, -0.1) is 10.2 Å². The summed E-state index contributed by atoms with van der Waals surface area (Å²) in [6.07, 6.45) is 3.63. The van der Waals surface area contributed by atoms with E-state index in [1.165, 1.54) is 4.80 Å². The zero-order chi connectivity index (χ0) is 17.9. The summed E-state index contributed by atoms with van der Waals surface area (Å²) in [5, 5.41) is 16.7. The van der Waals surface area contributed by atoms with Gasteiger partial charge in [0.05, 0.1) is 12.2 Å². The van der Waals surface area contributed by atoms with Crippen molar-refractivity contribution in [1.29, 1.82) is 0 Å². The highest BCUT2D eigenvalue weighted by Gasteiger charge is 2.08. The number of benzene rings is 2. The summed E-state index contributed by atoms with van der Waals surface area (Å²) < 4.78 is 1.80. The molecule has 1 amide bonds. The third-order valence-electron chi connectivity index (χ3n) is 3.91. The minimum Gasteiger partial charge on any atom is -0.366 e. The molecule has 0 aliphatic heterocycles. The van der Waals surface area contributed by atoms with E-state index in [1.807, 2.05) is 36.5 Å². The molecular formula is C18H15N7O. The summed E-state index contributed by atoms with van der Waals surface area (Å²) >= 11 is 0. The molecule has 8 heteroatoms. The smallest absolute Gasteiger partial charge is 0.248 e. The maximum atomic E-state index is 11.1. The molecular weight excluding hydrogens is 330 g/mol. The molecule has 0 saturated carbocycles. The maximum Gasteiger partial charge on any atom is 0.248 e. The van der Waals surface area contributed by atoms with Gasteiger partial charge in [-0.1, -0.05) is 24.3 Å². The number of tetrazole rings is 1. The van der Waals surface area contributed by atoms with Gasteiger partial charge in [-0.25, -0.2) is 4.68 Å². The van der Waals surface area contributed by atoms with Gasteiger partial charge in [0.2, 0.25) is 11.7 Å². The van der Waals surface area contributed by atoms with Crippen LogP contribution in [-0.4, -0.2) is 35.9 Å². The molecule has 0 spiro atoms. The number of carbonyl (C=O) groups excluding carboxylic acids is 1. The van der Waals surface area contributed by atoms with Crippen LogP contribution in [-0.2, 0) is 6.54 Å². The first-order valence-electron chi connectivity index (χ1n) is 7.96. The highest BCUT2D eigenvalue weighted by molar-refractivity contribution is 5.93. The number of nitrogens with two attached hydrogens (primary N) is 1. The van der Waals surface area contributed by atoms with E-state index in [2.05, 4.69) is 20.5 Å². The van der Waals surface area contributed by atoms with E-state index < -0.39 is 5.91 Å². The molecule has 0 bridgehead atoms. The standard InChI is InChI=1S/C18H15N7O/c19-17(26)14-4-6-15(7-5-14)18-21-23-25(22-18)12-13-2-8-16(9-3-13)24-11-1-10-20-24/h1-11H,12H2,(H2,19,26). The van der Waals surface area contributed by atoms with Crippen LogP contribution < -0.4 is 5.73 Å². The minimum absolute atomic E-state index is 0.443. The zero-order valence-electron chi connectivity index (χ0n) is 13.7. The Labute approximate surface area is 148 Å². The molecule has 0 aliphatic carbocycles. The van der Waals surface area contributed by atoms with Gasteiger partial charge in [0.15, 0.2) is 0 Å². The maximum absolute atomic E-state index is 11.1. The number of hydrogen-bond donors (Lipinski definition) is 1. The van der Waals surface area contributed by atoms with Crippen molar-refractivity contribution in [2.45, 2.75) is 6.54 Å². The molecule has 2 aromatic carbocycles. The second-order valence-corrected chi connectivity index (χ2v) is 5.70. The largest absolute Gasteiger partial charge is 0.366 e. The van der Waals surface area contributed by atoms with Crippen molar-refractivity contribution < 1.29 is 4.79 Å². The monoisotopic (exact) mass is 345 g/mol. The van der Waals surface area contributed by atoms with Crippen LogP contribution in [0.1, 0.15) is 15.9 Å². The fourth-order valence-corrected chi connectivity index (χ4v) is 2.55. The molecule has 0 saturated heterocycles. The fourth-order valence-electron chi connectivity index (χ4n) is 2.55. The summed E-state index contributed by atoms with van der Waals surface area (Å²) in [5.41, 5.74) is 8.49. The van der Waals surface area contributed by atoms with Crippen molar-refractivity contribution in [1.82, 2.24) is 30.0 Å². The minimum atomic E-state index is -0.466. The summed E-state index contributed by atoms with van der Waals surface area (Å²) in [6, 6.07) is 16.7. The second kappa shape index (κ2) is 6.60. The Hall–Kier alpha value is -3.81. The number of carbonyl (C=O) groups is 1. The summed E-state index contributed by atoms with van der Waals surface area (Å²) in [4.78, 5) is 12.7. The number of aromatic nitrogens is 6. The zero-order valence-corrected chi connectivity index (χ0v) is 13.7. The van der Waals surface area contributed by atoms with Crippen LogP contribution >= 0.6 is 0 Å². The third-order valence-corrected chi connectivity index (χ3v) is 3.91. The molecule has 2 heterocycles. The van der Waals surface area contributed by atoms with Crippen molar-refractivity contribution in [3.05, 3.63) is 78.1 Å². The van der Waals surface area contributed by atoms with Crippen molar-refractivity contribution in [3.8, 4) is 17.1 Å². The van der Waals surface area contributed by atoms with E-state index in [9.17, 15) is 4.79 Å². The first kappa shape index (κ1) is 15.7. The van der Waals surface area contributed by atoms with E-state index in [-0.39, 0.29) is 0 Å². The molecule has 8 nitrogen and oxygen atoms in total. The molecule has 0 unspecified atom stereocenters. The van der Waals surface area contributed by atoms with Gasteiger partial charge in [0.1, 0.15) is 0 Å². The lowest BCUT2D eigenvalue weighted by Gasteiger charge is -2.03. The van der Waals surface area contributed by atoms with Crippen molar-refractivity contribution in [2.75, 3.05) is 0 Å². The number of primary amides is 1. The summed E-state index contributed by atoms with van der Waals surface area (Å²) in [5.74, 6) is 0.0286. The van der Waals surface area contributed by atoms with Crippen LogP contribution in [0, 0.1) is 0 Å². The van der Waals surface area contributed by atoms with E-state index in [4.69, 9.17) is 5.73 Å². The average molecular weight is 345 g/mol. The lowest BCUT2D eigenvalue weighted by molar-refractivity contribution is 0.100. The lowest BCUT2D eigenvalue weighted by atomic mass is 10.1. The highest BCUT2D eigenvalue weighted by atomic mass is 16.1. The van der Waals surface area contributed by atoms with Gasteiger partial charge in [-0.3, -0.25) is 4.79 Å². The Morgan fingerprint density at radius 3 is 2.46 bits per heavy atom. The molecule has 4 aromatic rings. The topological polar surface area (TPSA) is 105 Å². The normalized spacial score (nSPS) is 10.8. The lowest BCUT2D eigenvalue weighted by Crippen LogP contribution is -2.10. The molecule has 0 atom stereocenters. The molecule has 0 fully saturated rings. The molecule has 128 valence electrons. The van der Waals surface area contributed by atoms with Crippen LogP contribution in [0.5, 0.6) is 0 Å². The first-order chi connectivity index (χ1) is 12.7. The third kappa shape index (κ3) is 3.20. The van der Waals surface area contributed by atoms with E-state index >= 15 is 0 Å². The van der Waals surface area contributed by atoms with Gasteiger partial charge in [0.25, 0.3) is 0 Å². The first-order valence-corrected chi connectivity index (χ1v) is 7.96. The molecule has 2 N–H and O–H groups in total. The Kier molecular flexibility index (Phi) is 3.98. The molecule has 0 aliphatic rings. The Bertz CT molecular complexity index is 1020. The van der Waals surface area contributed by atoms with Crippen molar-refractivity contribution in [3.63, 3.8) is 0 Å². The van der Waals surface area contributed by atoms with Crippen LogP contribution in [0.15, 0.2) is 67.0 Å². The van der Waals surface area contributed by atoms with E-state index in [0.717, 1.165) is 16.8 Å². The summed E-state index contributed by atoms with van der Waals surface area (Å²) in [6.45, 7) is 0.506.